The molecule has 0 bridgehead atoms. The van der Waals surface area contributed by atoms with Gasteiger partial charge in [-0.1, -0.05) is 28.4 Å². The predicted octanol–water partition coefficient (Wildman–Crippen LogP) is 4.08. The van der Waals surface area contributed by atoms with Gasteiger partial charge in [0.15, 0.2) is 0 Å². The van der Waals surface area contributed by atoms with Crippen molar-refractivity contribution in [2.24, 2.45) is 5.16 Å². The van der Waals surface area contributed by atoms with Crippen molar-refractivity contribution >= 4 is 40.7 Å². The third-order valence-corrected chi connectivity index (χ3v) is 3.98. The highest BCUT2D eigenvalue weighted by Gasteiger charge is 2.13. The zero-order valence-corrected chi connectivity index (χ0v) is 16.4. The van der Waals surface area contributed by atoms with E-state index < -0.39 is 0 Å². The van der Waals surface area contributed by atoms with E-state index in [0.29, 0.717) is 21.5 Å². The molecule has 0 saturated carbocycles. The lowest BCUT2D eigenvalue weighted by Gasteiger charge is -2.10. The van der Waals surface area contributed by atoms with Gasteiger partial charge < -0.3 is 14.9 Å². The Labute approximate surface area is 167 Å². The van der Waals surface area contributed by atoms with Crippen molar-refractivity contribution in [1.82, 2.24) is 5.32 Å². The van der Waals surface area contributed by atoms with Crippen LogP contribution >= 0.6 is 23.2 Å². The van der Waals surface area contributed by atoms with E-state index in [1.54, 1.807) is 49.6 Å². The van der Waals surface area contributed by atoms with E-state index >= 15 is 0 Å². The molecule has 2 aromatic rings. The Morgan fingerprint density at radius 3 is 2.30 bits per heavy atom. The maximum Gasteiger partial charge on any atom is 0.231 e. The maximum absolute atomic E-state index is 12.3. The summed E-state index contributed by atoms with van der Waals surface area (Å²) in [6.07, 6.45) is 0.157. The van der Waals surface area contributed by atoms with Gasteiger partial charge in [0.25, 0.3) is 0 Å². The Morgan fingerprint density at radius 1 is 1.11 bits per heavy atom. The molecule has 1 amide bonds. The van der Waals surface area contributed by atoms with Gasteiger partial charge in [-0.15, -0.1) is 0 Å². The van der Waals surface area contributed by atoms with E-state index in [1.165, 1.54) is 7.11 Å². The van der Waals surface area contributed by atoms with Crippen LogP contribution in [-0.4, -0.2) is 31.7 Å². The molecule has 8 heteroatoms. The van der Waals surface area contributed by atoms with Crippen molar-refractivity contribution < 1.29 is 14.4 Å². The summed E-state index contributed by atoms with van der Waals surface area (Å²) in [7, 11) is 2.98. The molecule has 0 aliphatic heterocycles. The Bertz CT molecular complexity index is 832. The summed E-state index contributed by atoms with van der Waals surface area (Å²) >= 11 is 11.9. The molecule has 2 rings (SSSR count). The lowest BCUT2D eigenvalue weighted by Crippen LogP contribution is -2.32. The summed E-state index contributed by atoms with van der Waals surface area (Å²) in [5.74, 6) is 0.353. The van der Waals surface area contributed by atoms with Gasteiger partial charge in [0, 0.05) is 22.0 Å². The van der Waals surface area contributed by atoms with Crippen LogP contribution in [0.4, 0.5) is 0 Å². The number of nitrogens with one attached hydrogen (secondary N) is 2. The van der Waals surface area contributed by atoms with Crippen molar-refractivity contribution in [3.8, 4) is 5.75 Å². The van der Waals surface area contributed by atoms with E-state index in [4.69, 9.17) is 38.2 Å². The first-order valence-corrected chi connectivity index (χ1v) is 8.73. The zero-order valence-electron chi connectivity index (χ0n) is 14.9. The molecule has 0 fully saturated rings. The Kier molecular flexibility index (Phi) is 7.64. The Hall–Kier alpha value is -2.57. The van der Waals surface area contributed by atoms with Crippen LogP contribution in [0.1, 0.15) is 17.5 Å². The minimum Gasteiger partial charge on any atom is -0.497 e. The molecule has 0 aromatic heterocycles. The molecular weight excluding hydrogens is 389 g/mol. The topological polar surface area (TPSA) is 83.8 Å². The summed E-state index contributed by atoms with van der Waals surface area (Å²) in [6, 6.07) is 12.1. The largest absolute Gasteiger partial charge is 0.497 e. The number of ether oxygens (including phenoxy) is 1. The molecule has 0 aliphatic rings. The van der Waals surface area contributed by atoms with Gasteiger partial charge in [0.2, 0.25) is 5.91 Å². The number of halogens is 2. The van der Waals surface area contributed by atoms with Crippen LogP contribution in [0.2, 0.25) is 10.0 Å². The normalized spacial score (nSPS) is 11.0. The number of hydrogen-bond acceptors (Lipinski definition) is 5. The molecular formula is C19H19Cl2N3O3. The van der Waals surface area contributed by atoms with Crippen LogP contribution in [0, 0.1) is 5.41 Å². The number of methoxy groups -OCH3 is 1. The van der Waals surface area contributed by atoms with Crippen molar-refractivity contribution in [3.63, 3.8) is 0 Å². The third kappa shape index (κ3) is 6.58. The standard InChI is InChI=1S/C19H19Cl2N3O3/c1-26-16-5-3-13(4-6-16)17(24-27-2)11-19(25)23-18(22)9-12-7-14(20)10-15(21)8-12/h3-8,10H,9,11H2,1-2H3,(H2,22,23,25)/b24-17-. The van der Waals surface area contributed by atoms with Crippen molar-refractivity contribution in [3.05, 3.63) is 63.6 Å². The minimum absolute atomic E-state index is 0.0323. The first kappa shape index (κ1) is 20.7. The number of rotatable bonds is 7. The second-order valence-corrected chi connectivity index (χ2v) is 6.48. The molecule has 142 valence electrons. The summed E-state index contributed by atoms with van der Waals surface area (Å²) in [6.45, 7) is 0. The molecule has 0 saturated heterocycles. The number of benzene rings is 2. The van der Waals surface area contributed by atoms with Crippen LogP contribution in [-0.2, 0) is 16.1 Å². The van der Waals surface area contributed by atoms with Crippen LogP contribution < -0.4 is 10.1 Å². The summed E-state index contributed by atoms with van der Waals surface area (Å²) in [4.78, 5) is 17.1. The van der Waals surface area contributed by atoms with Gasteiger partial charge in [-0.3, -0.25) is 10.2 Å². The molecule has 0 spiro atoms. The fourth-order valence-electron chi connectivity index (χ4n) is 2.41. The molecule has 2 aromatic carbocycles. The second-order valence-electron chi connectivity index (χ2n) is 5.61. The lowest BCUT2D eigenvalue weighted by atomic mass is 10.1. The van der Waals surface area contributed by atoms with E-state index in [1.807, 2.05) is 0 Å². The SMILES string of the molecule is CO/N=C(/CC(=O)NC(=N)Cc1cc(Cl)cc(Cl)c1)c1ccc(OC)cc1. The Morgan fingerprint density at radius 2 is 1.74 bits per heavy atom. The molecule has 2 N–H and O–H groups in total. The van der Waals surface area contributed by atoms with E-state index in [9.17, 15) is 4.79 Å². The molecule has 0 radical (unpaired) electrons. The van der Waals surface area contributed by atoms with Gasteiger partial charge >= 0.3 is 0 Å². The molecule has 0 atom stereocenters. The number of amides is 1. The number of amidine groups is 1. The summed E-state index contributed by atoms with van der Waals surface area (Å²) < 4.78 is 5.12. The Balaban J connectivity index is 2.00. The van der Waals surface area contributed by atoms with Crippen molar-refractivity contribution in [2.45, 2.75) is 12.8 Å². The van der Waals surface area contributed by atoms with Gasteiger partial charge in [0.05, 0.1) is 19.2 Å². The van der Waals surface area contributed by atoms with Crippen molar-refractivity contribution in [1.29, 1.82) is 5.41 Å². The third-order valence-electron chi connectivity index (χ3n) is 3.55. The highest BCUT2D eigenvalue weighted by Crippen LogP contribution is 2.19. The predicted molar refractivity (Wildman–Crippen MR) is 107 cm³/mol. The van der Waals surface area contributed by atoms with E-state index in [2.05, 4.69) is 10.5 Å². The van der Waals surface area contributed by atoms with Gasteiger partial charge in [-0.25, -0.2) is 0 Å². The maximum atomic E-state index is 12.3. The van der Waals surface area contributed by atoms with Gasteiger partial charge in [-0.2, -0.15) is 0 Å². The van der Waals surface area contributed by atoms with Crippen LogP contribution in [0.25, 0.3) is 0 Å². The molecule has 0 heterocycles. The minimum atomic E-state index is -0.375. The molecule has 6 nitrogen and oxygen atoms in total. The van der Waals surface area contributed by atoms with Crippen molar-refractivity contribution in [2.75, 3.05) is 14.2 Å². The monoisotopic (exact) mass is 407 g/mol. The quantitative estimate of drug-likeness (QED) is 0.411. The highest BCUT2D eigenvalue weighted by molar-refractivity contribution is 6.34. The van der Waals surface area contributed by atoms with E-state index in [0.717, 1.165) is 11.1 Å². The van der Waals surface area contributed by atoms with Crippen LogP contribution in [0.5, 0.6) is 5.75 Å². The second kappa shape index (κ2) is 9.94. The van der Waals surface area contributed by atoms with Gasteiger partial charge in [0.1, 0.15) is 18.7 Å². The number of hydrogen-bond donors (Lipinski definition) is 2. The lowest BCUT2D eigenvalue weighted by molar-refractivity contribution is -0.118. The number of carbonyl (C=O) groups excluding carboxylic acids is 1. The van der Waals surface area contributed by atoms with Crippen LogP contribution in [0.3, 0.4) is 0 Å². The van der Waals surface area contributed by atoms with Crippen LogP contribution in [0.15, 0.2) is 47.6 Å². The molecule has 0 unspecified atom stereocenters. The fraction of sp³-hybridized carbons (Fsp3) is 0.211. The number of carbonyl (C=O) groups is 1. The molecule has 0 aliphatic carbocycles. The fourth-order valence-corrected chi connectivity index (χ4v) is 2.98. The highest BCUT2D eigenvalue weighted by atomic mass is 35.5. The number of nitrogens with zero attached hydrogens (tertiary/aromatic N) is 1. The summed E-state index contributed by atoms with van der Waals surface area (Å²) in [5.41, 5.74) is 1.90. The molecule has 27 heavy (non-hydrogen) atoms. The average Bonchev–Trinajstić information content (AvgIpc) is 2.60. The smallest absolute Gasteiger partial charge is 0.231 e. The number of oxime groups is 1. The first-order valence-electron chi connectivity index (χ1n) is 7.98. The zero-order chi connectivity index (χ0) is 19.8. The first-order chi connectivity index (χ1) is 12.9. The van der Waals surface area contributed by atoms with E-state index in [-0.39, 0.29) is 24.6 Å². The van der Waals surface area contributed by atoms with Gasteiger partial charge in [-0.05, 0) is 48.0 Å². The average molecular weight is 408 g/mol. The summed E-state index contributed by atoms with van der Waals surface area (Å²) in [5, 5.41) is 15.4.